The van der Waals surface area contributed by atoms with Gasteiger partial charge in [-0.15, -0.1) is 0 Å². The molecule has 0 spiro atoms. The van der Waals surface area contributed by atoms with Crippen molar-refractivity contribution in [3.05, 3.63) is 121 Å². The number of carbonyl (C=O) groups is 1. The SMILES string of the molecule is C=CC=C.C=O.NC(CCCCNS(=O)(=O)c1ccccc1)CNC1CCc2ccccc2C1Cc1cccnc1. The summed E-state index contributed by atoms with van der Waals surface area (Å²) in [6, 6.07) is 21.8. The van der Waals surface area contributed by atoms with Gasteiger partial charge in [0.1, 0.15) is 6.79 Å². The second-order valence-corrected chi connectivity index (χ2v) is 11.6. The largest absolute Gasteiger partial charge is 0.327 e. The second-order valence-electron chi connectivity index (χ2n) is 9.86. The molecule has 0 saturated carbocycles. The standard InChI is InChI=1S/C28H36N4O2S.C4H6.CH2O/c29-24(11-6-7-18-32-35(33,34)25-12-2-1-3-13-25)21-31-28-16-15-23-10-4-5-14-26(23)27(28)19-22-9-8-17-30-20-22;1-3-4-2;1-2/h1-5,8-10,12-14,17,20,24,27-28,31-32H,6-7,11,15-16,18-19,21,29H2;3-4H,1-2H2;1H2. The number of nitrogens with zero attached hydrogens (tertiary/aromatic N) is 1. The van der Waals surface area contributed by atoms with E-state index in [0.717, 1.165) is 45.1 Å². The highest BCUT2D eigenvalue weighted by atomic mass is 32.2. The van der Waals surface area contributed by atoms with Crippen LogP contribution in [0.2, 0.25) is 0 Å². The molecule has 0 radical (unpaired) electrons. The number of sulfonamides is 1. The molecule has 4 rings (SSSR count). The number of hydrogen-bond donors (Lipinski definition) is 3. The van der Waals surface area contributed by atoms with Gasteiger partial charge in [0.15, 0.2) is 0 Å². The Labute approximate surface area is 246 Å². The van der Waals surface area contributed by atoms with Crippen LogP contribution in [-0.2, 0) is 27.7 Å². The predicted molar refractivity (Wildman–Crippen MR) is 168 cm³/mol. The normalized spacial score (nSPS) is 16.5. The molecule has 4 N–H and O–H groups in total. The third-order valence-electron chi connectivity index (χ3n) is 7.00. The number of aryl methyl sites for hydroxylation is 1. The first kappa shape index (κ1) is 33.8. The zero-order valence-corrected chi connectivity index (χ0v) is 24.6. The van der Waals surface area contributed by atoms with E-state index in [1.54, 1.807) is 36.4 Å². The Hall–Kier alpha value is -3.43. The predicted octanol–water partition coefficient (Wildman–Crippen LogP) is 4.96. The molecule has 0 fully saturated rings. The number of unbranched alkanes of at least 4 members (excludes halogenated alkanes) is 1. The smallest absolute Gasteiger partial charge is 0.240 e. The number of fused-ring (bicyclic) bond motifs is 1. The van der Waals surface area contributed by atoms with Gasteiger partial charge in [-0.3, -0.25) is 4.98 Å². The Morgan fingerprint density at radius 2 is 1.68 bits per heavy atom. The maximum Gasteiger partial charge on any atom is 0.240 e. The van der Waals surface area contributed by atoms with Crippen molar-refractivity contribution >= 4 is 16.8 Å². The van der Waals surface area contributed by atoms with Crippen LogP contribution in [0.15, 0.2) is 109 Å². The highest BCUT2D eigenvalue weighted by Crippen LogP contribution is 2.34. The lowest BCUT2D eigenvalue weighted by molar-refractivity contribution is -0.0980. The highest BCUT2D eigenvalue weighted by Gasteiger charge is 2.29. The lowest BCUT2D eigenvalue weighted by Crippen LogP contribution is -2.44. The van der Waals surface area contributed by atoms with Crippen LogP contribution in [0.3, 0.4) is 0 Å². The summed E-state index contributed by atoms with van der Waals surface area (Å²) in [6.45, 7) is 9.90. The van der Waals surface area contributed by atoms with Crippen LogP contribution in [0.4, 0.5) is 0 Å². The van der Waals surface area contributed by atoms with Gasteiger partial charge in [-0.2, -0.15) is 0 Å². The number of allylic oxidation sites excluding steroid dienone is 2. The van der Waals surface area contributed by atoms with Crippen molar-refractivity contribution < 1.29 is 13.2 Å². The molecule has 3 aromatic rings. The van der Waals surface area contributed by atoms with Gasteiger partial charge >= 0.3 is 0 Å². The van der Waals surface area contributed by atoms with E-state index in [1.165, 1.54) is 16.7 Å². The van der Waals surface area contributed by atoms with Crippen LogP contribution in [0.5, 0.6) is 0 Å². The van der Waals surface area contributed by atoms with E-state index in [0.29, 0.717) is 23.4 Å². The van der Waals surface area contributed by atoms with Gasteiger partial charge in [-0.05, 0) is 67.0 Å². The average molecular weight is 577 g/mol. The Bertz CT molecular complexity index is 1260. The molecule has 220 valence electrons. The Kier molecular flexibility index (Phi) is 15.5. The number of nitrogens with two attached hydrogens (primary N) is 1. The molecule has 41 heavy (non-hydrogen) atoms. The summed E-state index contributed by atoms with van der Waals surface area (Å²) in [6.07, 6.45) is 12.7. The zero-order valence-electron chi connectivity index (χ0n) is 23.8. The first-order valence-corrected chi connectivity index (χ1v) is 15.5. The van der Waals surface area contributed by atoms with Crippen molar-refractivity contribution in [1.29, 1.82) is 0 Å². The fourth-order valence-corrected chi connectivity index (χ4v) is 6.04. The second kappa shape index (κ2) is 18.8. The number of hydrogen-bond acceptors (Lipinski definition) is 6. The topological polar surface area (TPSA) is 114 Å². The molecule has 8 heteroatoms. The quantitative estimate of drug-likeness (QED) is 0.196. The first-order chi connectivity index (χ1) is 19.9. The van der Waals surface area contributed by atoms with Crippen molar-refractivity contribution in [1.82, 2.24) is 15.0 Å². The number of carbonyl (C=O) groups excluding carboxylic acids is 1. The van der Waals surface area contributed by atoms with E-state index >= 15 is 0 Å². The van der Waals surface area contributed by atoms with Gasteiger partial charge in [-0.1, -0.05) is 80.3 Å². The molecule has 3 unspecified atom stereocenters. The molecule has 0 amide bonds. The van der Waals surface area contributed by atoms with E-state index in [-0.39, 0.29) is 6.04 Å². The molecular formula is C33H44N4O3S. The first-order valence-electron chi connectivity index (χ1n) is 14.0. The van der Waals surface area contributed by atoms with Crippen LogP contribution in [0.1, 0.15) is 48.3 Å². The number of nitrogens with one attached hydrogen (secondary N) is 2. The molecule has 1 aliphatic rings. The fraction of sp³-hybridized carbons (Fsp3) is 0.333. The summed E-state index contributed by atoms with van der Waals surface area (Å²) in [5, 5.41) is 3.76. The number of aromatic nitrogens is 1. The van der Waals surface area contributed by atoms with Crippen LogP contribution < -0.4 is 15.8 Å². The lowest BCUT2D eigenvalue weighted by atomic mass is 9.76. The minimum absolute atomic E-state index is 0.0388. The monoisotopic (exact) mass is 576 g/mol. The summed E-state index contributed by atoms with van der Waals surface area (Å²) < 4.78 is 27.3. The molecular weight excluding hydrogens is 532 g/mol. The molecule has 1 aliphatic carbocycles. The average Bonchev–Trinajstić information content (AvgIpc) is 3.02. The number of rotatable bonds is 13. The van der Waals surface area contributed by atoms with Gasteiger partial charge < -0.3 is 15.8 Å². The maximum absolute atomic E-state index is 12.3. The Morgan fingerprint density at radius 1 is 0.976 bits per heavy atom. The van der Waals surface area contributed by atoms with E-state index in [2.05, 4.69) is 58.5 Å². The van der Waals surface area contributed by atoms with Crippen molar-refractivity contribution in [2.45, 2.75) is 61.4 Å². The van der Waals surface area contributed by atoms with Gasteiger partial charge in [0.25, 0.3) is 0 Å². The van der Waals surface area contributed by atoms with E-state index < -0.39 is 10.0 Å². The Balaban J connectivity index is 0.000000902. The minimum atomic E-state index is -3.44. The van der Waals surface area contributed by atoms with E-state index in [4.69, 9.17) is 10.5 Å². The van der Waals surface area contributed by atoms with Crippen LogP contribution in [0, 0.1) is 0 Å². The van der Waals surface area contributed by atoms with Gasteiger partial charge in [0.2, 0.25) is 10.0 Å². The third kappa shape index (κ3) is 11.5. The lowest BCUT2D eigenvalue weighted by Gasteiger charge is -2.35. The molecule has 1 aromatic heterocycles. The molecule has 3 atom stereocenters. The summed E-state index contributed by atoms with van der Waals surface area (Å²) >= 11 is 0. The molecule has 0 aliphatic heterocycles. The molecule has 2 aromatic carbocycles. The zero-order chi connectivity index (χ0) is 29.9. The summed E-state index contributed by atoms with van der Waals surface area (Å²) in [4.78, 5) is 12.6. The molecule has 0 saturated heterocycles. The number of benzene rings is 2. The molecule has 0 bridgehead atoms. The van der Waals surface area contributed by atoms with E-state index in [1.807, 2.05) is 31.3 Å². The van der Waals surface area contributed by atoms with E-state index in [9.17, 15) is 8.42 Å². The maximum atomic E-state index is 12.3. The van der Waals surface area contributed by atoms with Crippen molar-refractivity contribution in [3.8, 4) is 0 Å². The van der Waals surface area contributed by atoms with Gasteiger partial charge in [0, 0.05) is 43.5 Å². The van der Waals surface area contributed by atoms with Crippen LogP contribution in [-0.4, -0.2) is 45.4 Å². The fourth-order valence-electron chi connectivity index (χ4n) is 4.95. The summed E-state index contributed by atoms with van der Waals surface area (Å²) in [5.41, 5.74) is 10.6. The Morgan fingerprint density at radius 3 is 2.37 bits per heavy atom. The third-order valence-corrected chi connectivity index (χ3v) is 8.48. The summed E-state index contributed by atoms with van der Waals surface area (Å²) in [7, 11) is -3.44. The highest BCUT2D eigenvalue weighted by molar-refractivity contribution is 7.89. The molecule has 7 nitrogen and oxygen atoms in total. The minimum Gasteiger partial charge on any atom is -0.327 e. The van der Waals surface area contributed by atoms with Gasteiger partial charge in [-0.25, -0.2) is 13.1 Å². The number of pyridine rings is 1. The van der Waals surface area contributed by atoms with Crippen molar-refractivity contribution in [2.24, 2.45) is 5.73 Å². The molecule has 1 heterocycles. The van der Waals surface area contributed by atoms with Gasteiger partial charge in [0.05, 0.1) is 4.90 Å². The summed E-state index contributed by atoms with van der Waals surface area (Å²) in [5.74, 6) is 0.392. The van der Waals surface area contributed by atoms with Crippen LogP contribution in [0.25, 0.3) is 0 Å². The van der Waals surface area contributed by atoms with Crippen LogP contribution >= 0.6 is 0 Å². The van der Waals surface area contributed by atoms with Crippen molar-refractivity contribution in [3.63, 3.8) is 0 Å². The van der Waals surface area contributed by atoms with Crippen molar-refractivity contribution in [2.75, 3.05) is 13.1 Å².